The van der Waals surface area contributed by atoms with Gasteiger partial charge >= 0.3 is 0 Å². The Labute approximate surface area is 150 Å². The first-order valence-corrected chi connectivity index (χ1v) is 9.74. The van der Waals surface area contributed by atoms with E-state index in [1.807, 2.05) is 6.07 Å². The molecule has 1 atom stereocenters. The van der Waals surface area contributed by atoms with E-state index in [4.69, 9.17) is 11.6 Å². The van der Waals surface area contributed by atoms with Crippen molar-refractivity contribution in [3.63, 3.8) is 0 Å². The first-order chi connectivity index (χ1) is 11.6. The zero-order valence-corrected chi connectivity index (χ0v) is 15.4. The first kappa shape index (κ1) is 17.8. The molecule has 0 unspecified atom stereocenters. The highest BCUT2D eigenvalue weighted by Crippen LogP contribution is 2.27. The standard InChI is InChI=1S/C20H29ClN2O/c1-23-14-16-8-9-18(21)11-17(16)12-19(23)13-22-20(24)10-7-15-5-3-2-4-6-15/h8-9,11,15,19H,2-7,10,12-14H2,1H3,(H,22,24)/t19-/m0/s1. The minimum Gasteiger partial charge on any atom is -0.355 e. The van der Waals surface area contributed by atoms with Crippen molar-refractivity contribution >= 4 is 17.5 Å². The second-order valence-corrected chi connectivity index (χ2v) is 7.97. The van der Waals surface area contributed by atoms with Gasteiger partial charge in [-0.3, -0.25) is 9.69 Å². The molecule has 132 valence electrons. The molecule has 1 aromatic carbocycles. The summed E-state index contributed by atoms with van der Waals surface area (Å²) in [6, 6.07) is 6.51. The van der Waals surface area contributed by atoms with Crippen LogP contribution in [0.4, 0.5) is 0 Å². The third-order valence-electron chi connectivity index (χ3n) is 5.71. The lowest BCUT2D eigenvalue weighted by atomic mass is 9.86. The van der Waals surface area contributed by atoms with E-state index in [1.165, 1.54) is 43.2 Å². The second kappa shape index (κ2) is 8.35. The molecule has 1 aromatic rings. The third-order valence-corrected chi connectivity index (χ3v) is 5.94. The fourth-order valence-corrected chi connectivity index (χ4v) is 4.30. The highest BCUT2D eigenvalue weighted by molar-refractivity contribution is 6.30. The first-order valence-electron chi connectivity index (χ1n) is 9.36. The minimum atomic E-state index is 0.214. The number of hydrogen-bond acceptors (Lipinski definition) is 2. The fraction of sp³-hybridized carbons (Fsp3) is 0.650. The van der Waals surface area contributed by atoms with Crippen LogP contribution in [0.2, 0.25) is 5.02 Å². The van der Waals surface area contributed by atoms with E-state index in [0.717, 1.165) is 36.9 Å². The van der Waals surface area contributed by atoms with Crippen LogP contribution < -0.4 is 5.32 Å². The van der Waals surface area contributed by atoms with Gasteiger partial charge < -0.3 is 5.32 Å². The number of carbonyl (C=O) groups is 1. The number of nitrogens with zero attached hydrogens (tertiary/aromatic N) is 1. The Balaban J connectivity index is 1.44. The van der Waals surface area contributed by atoms with Crippen LogP contribution >= 0.6 is 11.6 Å². The van der Waals surface area contributed by atoms with E-state index in [0.29, 0.717) is 12.5 Å². The Bertz CT molecular complexity index is 569. The van der Waals surface area contributed by atoms with Gasteiger partial charge in [-0.2, -0.15) is 0 Å². The number of benzene rings is 1. The van der Waals surface area contributed by atoms with Gasteiger partial charge in [-0.25, -0.2) is 0 Å². The van der Waals surface area contributed by atoms with E-state index in [1.54, 1.807) is 0 Å². The van der Waals surface area contributed by atoms with Gasteiger partial charge in [-0.1, -0.05) is 49.8 Å². The monoisotopic (exact) mass is 348 g/mol. The second-order valence-electron chi connectivity index (χ2n) is 7.53. The van der Waals surface area contributed by atoms with Crippen LogP contribution in [0.3, 0.4) is 0 Å². The molecule has 1 aliphatic heterocycles. The number of nitrogens with one attached hydrogen (secondary N) is 1. The predicted octanol–water partition coefficient (Wildman–Crippen LogP) is 4.17. The Kier molecular flexibility index (Phi) is 6.18. The smallest absolute Gasteiger partial charge is 0.220 e. The SMILES string of the molecule is CN1Cc2ccc(Cl)cc2C[C@H]1CNC(=O)CCC1CCCCC1. The zero-order chi connectivity index (χ0) is 16.9. The lowest BCUT2D eigenvalue weighted by Gasteiger charge is -2.34. The highest BCUT2D eigenvalue weighted by Gasteiger charge is 2.24. The Morgan fingerprint density at radius 3 is 2.83 bits per heavy atom. The molecule has 0 spiro atoms. The summed E-state index contributed by atoms with van der Waals surface area (Å²) in [5.74, 6) is 0.988. The number of fused-ring (bicyclic) bond motifs is 1. The molecule has 4 heteroatoms. The fourth-order valence-electron chi connectivity index (χ4n) is 4.11. The maximum Gasteiger partial charge on any atom is 0.220 e. The summed E-state index contributed by atoms with van der Waals surface area (Å²) in [6.07, 6.45) is 9.40. The van der Waals surface area contributed by atoms with Crippen molar-refractivity contribution < 1.29 is 4.79 Å². The van der Waals surface area contributed by atoms with E-state index in [2.05, 4.69) is 29.4 Å². The van der Waals surface area contributed by atoms with Gasteiger partial charge in [0.05, 0.1) is 0 Å². The summed E-state index contributed by atoms with van der Waals surface area (Å²) in [4.78, 5) is 14.5. The van der Waals surface area contributed by atoms with Crippen LogP contribution in [0, 0.1) is 5.92 Å². The maximum atomic E-state index is 12.2. The van der Waals surface area contributed by atoms with Gasteiger partial charge in [-0.15, -0.1) is 0 Å². The summed E-state index contributed by atoms with van der Waals surface area (Å²) in [7, 11) is 2.14. The lowest BCUT2D eigenvalue weighted by molar-refractivity contribution is -0.121. The molecule has 1 fully saturated rings. The van der Waals surface area contributed by atoms with Crippen molar-refractivity contribution in [2.75, 3.05) is 13.6 Å². The van der Waals surface area contributed by atoms with Gasteiger partial charge in [-0.05, 0) is 49.1 Å². The van der Waals surface area contributed by atoms with Crippen molar-refractivity contribution in [2.45, 2.75) is 64.0 Å². The molecule has 0 bridgehead atoms. The minimum absolute atomic E-state index is 0.214. The molecule has 0 radical (unpaired) electrons. The van der Waals surface area contributed by atoms with Gasteiger partial charge in [0.1, 0.15) is 0 Å². The highest BCUT2D eigenvalue weighted by atomic mass is 35.5. The number of rotatable bonds is 5. The van der Waals surface area contributed by atoms with Crippen LogP contribution in [0.5, 0.6) is 0 Å². The van der Waals surface area contributed by atoms with Crippen molar-refractivity contribution in [3.05, 3.63) is 34.3 Å². The van der Waals surface area contributed by atoms with E-state index in [9.17, 15) is 4.79 Å². The largest absolute Gasteiger partial charge is 0.355 e. The van der Waals surface area contributed by atoms with Gasteiger partial charge in [0.2, 0.25) is 5.91 Å². The number of hydrogen-bond donors (Lipinski definition) is 1. The molecule has 1 amide bonds. The molecular weight excluding hydrogens is 320 g/mol. The average Bonchev–Trinajstić information content (AvgIpc) is 2.59. The van der Waals surface area contributed by atoms with Gasteiger partial charge in [0.15, 0.2) is 0 Å². The molecule has 0 aromatic heterocycles. The molecule has 1 aliphatic carbocycles. The van der Waals surface area contributed by atoms with Crippen LogP contribution in [0.1, 0.15) is 56.1 Å². The third kappa shape index (κ3) is 4.73. The normalized spacial score (nSPS) is 22.2. The summed E-state index contributed by atoms with van der Waals surface area (Å²) >= 11 is 6.12. The van der Waals surface area contributed by atoms with Crippen LogP contribution in [-0.2, 0) is 17.8 Å². The van der Waals surface area contributed by atoms with Crippen molar-refractivity contribution in [3.8, 4) is 0 Å². The molecule has 24 heavy (non-hydrogen) atoms. The van der Waals surface area contributed by atoms with E-state index in [-0.39, 0.29) is 5.91 Å². The molecule has 1 saturated carbocycles. The van der Waals surface area contributed by atoms with Gasteiger partial charge in [0, 0.05) is 30.6 Å². The van der Waals surface area contributed by atoms with Crippen molar-refractivity contribution in [1.82, 2.24) is 10.2 Å². The lowest BCUT2D eigenvalue weighted by Crippen LogP contribution is -2.45. The average molecular weight is 349 g/mol. The van der Waals surface area contributed by atoms with Crippen molar-refractivity contribution in [2.24, 2.45) is 5.92 Å². The molecule has 1 N–H and O–H groups in total. The molecule has 1 heterocycles. The topological polar surface area (TPSA) is 32.3 Å². The summed E-state index contributed by atoms with van der Waals surface area (Å²) in [5.41, 5.74) is 2.67. The number of halogens is 1. The van der Waals surface area contributed by atoms with E-state index >= 15 is 0 Å². The van der Waals surface area contributed by atoms with Crippen LogP contribution in [0.25, 0.3) is 0 Å². The van der Waals surface area contributed by atoms with Crippen LogP contribution in [-0.4, -0.2) is 30.4 Å². The zero-order valence-electron chi connectivity index (χ0n) is 14.7. The number of likely N-dealkylation sites (N-methyl/N-ethyl adjacent to an activating group) is 1. The molecular formula is C20H29ClN2O. The van der Waals surface area contributed by atoms with Crippen molar-refractivity contribution in [1.29, 1.82) is 0 Å². The number of carbonyl (C=O) groups excluding carboxylic acids is 1. The summed E-state index contributed by atoms with van der Waals surface area (Å²) in [6.45, 7) is 1.65. The number of amides is 1. The summed E-state index contributed by atoms with van der Waals surface area (Å²) < 4.78 is 0. The molecule has 3 nitrogen and oxygen atoms in total. The Hall–Kier alpha value is -1.06. The van der Waals surface area contributed by atoms with E-state index < -0.39 is 0 Å². The Morgan fingerprint density at radius 2 is 2.04 bits per heavy atom. The molecule has 0 saturated heterocycles. The Morgan fingerprint density at radius 1 is 1.25 bits per heavy atom. The maximum absolute atomic E-state index is 12.2. The quantitative estimate of drug-likeness (QED) is 0.866. The molecule has 2 aliphatic rings. The molecule has 3 rings (SSSR count). The predicted molar refractivity (Wildman–Crippen MR) is 99.2 cm³/mol. The van der Waals surface area contributed by atoms with Gasteiger partial charge in [0.25, 0.3) is 0 Å². The summed E-state index contributed by atoms with van der Waals surface area (Å²) in [5, 5.41) is 3.95. The van der Waals surface area contributed by atoms with Crippen LogP contribution in [0.15, 0.2) is 18.2 Å².